The Kier molecular flexibility index (Phi) is 4.63. The Hall–Kier alpha value is -2.60. The number of carbonyl (C=O) groups is 2. The SMILES string of the molecule is [C-]#[N+]C1(c2ccc(N3CC(CNC(=O)CS(C)(=O)=O)OC3=O)cc2)CC1. The zero-order chi connectivity index (χ0) is 18.9. The van der Waals surface area contributed by atoms with E-state index in [1.807, 2.05) is 12.1 Å². The van der Waals surface area contributed by atoms with Crippen molar-refractivity contribution in [3.05, 3.63) is 41.2 Å². The molecule has 0 bridgehead atoms. The maximum atomic E-state index is 12.1. The molecule has 1 atom stereocenters. The van der Waals surface area contributed by atoms with Gasteiger partial charge in [-0.3, -0.25) is 9.69 Å². The Balaban J connectivity index is 1.58. The molecule has 1 aromatic rings. The smallest absolute Gasteiger partial charge is 0.414 e. The molecule has 9 heteroatoms. The van der Waals surface area contributed by atoms with E-state index in [1.165, 1.54) is 4.90 Å². The van der Waals surface area contributed by atoms with E-state index in [4.69, 9.17) is 11.3 Å². The number of hydrogen-bond acceptors (Lipinski definition) is 5. The summed E-state index contributed by atoms with van der Waals surface area (Å²) in [5.74, 6) is -1.22. The number of anilines is 1. The number of nitrogens with zero attached hydrogens (tertiary/aromatic N) is 2. The largest absolute Gasteiger partial charge is 0.442 e. The first kappa shape index (κ1) is 18.2. The van der Waals surface area contributed by atoms with Gasteiger partial charge in [-0.25, -0.2) is 19.8 Å². The molecule has 1 saturated heterocycles. The summed E-state index contributed by atoms with van der Waals surface area (Å²) in [6.07, 6.45) is 1.62. The molecule has 1 unspecified atom stereocenters. The van der Waals surface area contributed by atoms with E-state index in [-0.39, 0.29) is 13.1 Å². The third-order valence-electron chi connectivity index (χ3n) is 4.45. The highest BCUT2D eigenvalue weighted by molar-refractivity contribution is 7.91. The third-order valence-corrected chi connectivity index (χ3v) is 5.23. The summed E-state index contributed by atoms with van der Waals surface area (Å²) in [7, 11) is -3.40. The molecule has 1 aliphatic carbocycles. The number of nitrogens with one attached hydrogen (secondary N) is 1. The van der Waals surface area contributed by atoms with Crippen molar-refractivity contribution in [3.63, 3.8) is 0 Å². The Labute approximate surface area is 151 Å². The number of cyclic esters (lactones) is 1. The summed E-state index contributed by atoms with van der Waals surface area (Å²) in [6.45, 7) is 7.59. The molecular formula is C17H19N3O5S. The van der Waals surface area contributed by atoms with Gasteiger partial charge in [0.2, 0.25) is 5.91 Å². The van der Waals surface area contributed by atoms with Crippen molar-refractivity contribution in [2.24, 2.45) is 0 Å². The van der Waals surface area contributed by atoms with Crippen molar-refractivity contribution >= 4 is 27.5 Å². The number of amides is 2. The number of ether oxygens (including phenoxy) is 1. The highest BCUT2D eigenvalue weighted by Crippen LogP contribution is 2.49. The lowest BCUT2D eigenvalue weighted by Gasteiger charge is -2.14. The van der Waals surface area contributed by atoms with E-state index >= 15 is 0 Å². The van der Waals surface area contributed by atoms with Crippen molar-refractivity contribution in [1.82, 2.24) is 5.32 Å². The Morgan fingerprint density at radius 3 is 2.58 bits per heavy atom. The zero-order valence-corrected chi connectivity index (χ0v) is 15.1. The maximum Gasteiger partial charge on any atom is 0.414 e. The molecule has 1 saturated carbocycles. The molecule has 3 rings (SSSR count). The fourth-order valence-electron chi connectivity index (χ4n) is 2.89. The van der Waals surface area contributed by atoms with E-state index in [2.05, 4.69) is 10.2 Å². The summed E-state index contributed by atoms with van der Waals surface area (Å²) in [6, 6.07) is 7.28. The van der Waals surface area contributed by atoms with Crippen LogP contribution in [0.1, 0.15) is 18.4 Å². The van der Waals surface area contributed by atoms with E-state index in [1.54, 1.807) is 12.1 Å². The molecule has 138 valence electrons. The van der Waals surface area contributed by atoms with Crippen LogP contribution >= 0.6 is 0 Å². The number of hydrogen-bond donors (Lipinski definition) is 1. The van der Waals surface area contributed by atoms with Gasteiger partial charge in [-0.15, -0.1) is 0 Å². The lowest BCUT2D eigenvalue weighted by atomic mass is 10.1. The third kappa shape index (κ3) is 3.96. The lowest BCUT2D eigenvalue weighted by Crippen LogP contribution is -2.37. The van der Waals surface area contributed by atoms with E-state index in [0.29, 0.717) is 5.69 Å². The fraction of sp³-hybridized carbons (Fsp3) is 0.471. The van der Waals surface area contributed by atoms with Gasteiger partial charge in [0.1, 0.15) is 11.9 Å². The van der Waals surface area contributed by atoms with Crippen LogP contribution in [-0.4, -0.2) is 51.6 Å². The minimum atomic E-state index is -3.40. The molecule has 26 heavy (non-hydrogen) atoms. The molecule has 8 nitrogen and oxygen atoms in total. The Morgan fingerprint density at radius 1 is 1.38 bits per heavy atom. The van der Waals surface area contributed by atoms with Crippen LogP contribution in [0.3, 0.4) is 0 Å². The van der Waals surface area contributed by atoms with E-state index < -0.39 is 39.2 Å². The monoisotopic (exact) mass is 377 g/mol. The normalized spacial score (nSPS) is 21.0. The first-order valence-electron chi connectivity index (χ1n) is 8.14. The van der Waals surface area contributed by atoms with Gasteiger partial charge in [-0.05, 0) is 24.3 Å². The molecule has 1 aromatic carbocycles. The molecule has 0 aromatic heterocycles. The van der Waals surface area contributed by atoms with Crippen LogP contribution in [-0.2, 0) is 24.9 Å². The number of rotatable bonds is 6. The summed E-state index contributed by atoms with van der Waals surface area (Å²) in [4.78, 5) is 28.7. The van der Waals surface area contributed by atoms with Crippen molar-refractivity contribution in [3.8, 4) is 0 Å². The van der Waals surface area contributed by atoms with Crippen LogP contribution in [0.4, 0.5) is 10.5 Å². The molecular weight excluding hydrogens is 358 g/mol. The zero-order valence-electron chi connectivity index (χ0n) is 14.3. The van der Waals surface area contributed by atoms with Crippen LogP contribution in [0.2, 0.25) is 0 Å². The summed E-state index contributed by atoms with van der Waals surface area (Å²) in [5.41, 5.74) is 1.22. The number of carbonyl (C=O) groups excluding carboxylic acids is 2. The molecule has 2 amide bonds. The average molecular weight is 377 g/mol. The lowest BCUT2D eigenvalue weighted by molar-refractivity contribution is -0.119. The van der Waals surface area contributed by atoms with Gasteiger partial charge in [0.05, 0.1) is 13.1 Å². The molecule has 2 aliphatic rings. The Morgan fingerprint density at radius 2 is 2.04 bits per heavy atom. The predicted molar refractivity (Wildman–Crippen MR) is 94.3 cm³/mol. The van der Waals surface area contributed by atoms with Gasteiger partial charge in [-0.1, -0.05) is 0 Å². The minimum Gasteiger partial charge on any atom is -0.442 e. The van der Waals surface area contributed by atoms with Crippen molar-refractivity contribution in [2.75, 3.05) is 30.0 Å². The van der Waals surface area contributed by atoms with Crippen molar-refractivity contribution < 1.29 is 22.7 Å². The topological polar surface area (TPSA) is 97.1 Å². The second kappa shape index (κ2) is 6.61. The first-order chi connectivity index (χ1) is 12.2. The summed E-state index contributed by atoms with van der Waals surface area (Å²) < 4.78 is 27.4. The maximum absolute atomic E-state index is 12.1. The molecule has 0 spiro atoms. The standard InChI is InChI=1S/C17H19N3O5S/c1-18-17(7-8-17)12-3-5-13(6-4-12)20-10-14(25-16(20)22)9-19-15(21)11-26(2,23)24/h3-6,14H,7-11H2,2H3,(H,19,21). The fourth-order valence-corrected chi connectivity index (χ4v) is 3.47. The van der Waals surface area contributed by atoms with Gasteiger partial charge in [0.25, 0.3) is 5.54 Å². The van der Waals surface area contributed by atoms with Crippen molar-refractivity contribution in [1.29, 1.82) is 0 Å². The van der Waals surface area contributed by atoms with Crippen LogP contribution in [0.5, 0.6) is 0 Å². The van der Waals surface area contributed by atoms with E-state index in [9.17, 15) is 18.0 Å². The van der Waals surface area contributed by atoms with Crippen LogP contribution in [0, 0.1) is 6.57 Å². The van der Waals surface area contributed by atoms with Crippen molar-refractivity contribution in [2.45, 2.75) is 24.5 Å². The van der Waals surface area contributed by atoms with Gasteiger partial charge in [0, 0.05) is 30.3 Å². The predicted octanol–water partition coefficient (Wildman–Crippen LogP) is 1.08. The number of sulfone groups is 1. The van der Waals surface area contributed by atoms with E-state index in [0.717, 1.165) is 24.7 Å². The first-order valence-corrected chi connectivity index (χ1v) is 10.2. The average Bonchev–Trinajstić information content (AvgIpc) is 3.29. The Bertz CT molecular complexity index is 869. The minimum absolute atomic E-state index is 0.0511. The second-order valence-corrected chi connectivity index (χ2v) is 8.82. The second-order valence-electron chi connectivity index (χ2n) is 6.68. The molecule has 2 fully saturated rings. The number of benzene rings is 1. The van der Waals surface area contributed by atoms with Crippen LogP contribution in [0.15, 0.2) is 24.3 Å². The highest BCUT2D eigenvalue weighted by atomic mass is 32.2. The molecule has 1 heterocycles. The molecule has 1 N–H and O–H groups in total. The van der Waals surface area contributed by atoms with Gasteiger partial charge < -0.3 is 14.9 Å². The van der Waals surface area contributed by atoms with Crippen LogP contribution < -0.4 is 10.2 Å². The molecule has 1 aliphatic heterocycles. The quantitative estimate of drug-likeness (QED) is 0.749. The van der Waals surface area contributed by atoms with Gasteiger partial charge in [-0.2, -0.15) is 0 Å². The summed E-state index contributed by atoms with van der Waals surface area (Å²) >= 11 is 0. The highest BCUT2D eigenvalue weighted by Gasteiger charge is 2.52. The van der Waals surface area contributed by atoms with Crippen LogP contribution in [0.25, 0.3) is 4.85 Å². The summed E-state index contributed by atoms with van der Waals surface area (Å²) in [5, 5.41) is 2.46. The van der Waals surface area contributed by atoms with Gasteiger partial charge >= 0.3 is 6.09 Å². The van der Waals surface area contributed by atoms with Gasteiger partial charge in [0.15, 0.2) is 9.84 Å². The molecule has 0 radical (unpaired) electrons.